The summed E-state index contributed by atoms with van der Waals surface area (Å²) in [6, 6.07) is 14.2. The number of rotatable bonds is 7. The SMILES string of the molecule is CCOC(=O)C(C)(C)Oc1ccc(Cl)cc1C1CC(=O)NC(c2cc(Cl)ccc2OC)C12C(=O)Nc1cc(Cl)ccc12. The molecular formula is C31H29Cl3N2O6. The van der Waals surface area contributed by atoms with Gasteiger partial charge in [-0.1, -0.05) is 40.9 Å². The highest BCUT2D eigenvalue weighted by atomic mass is 35.5. The van der Waals surface area contributed by atoms with E-state index in [9.17, 15) is 14.4 Å². The fraction of sp³-hybridized carbons (Fsp3) is 0.323. The van der Waals surface area contributed by atoms with Crippen LogP contribution in [0.25, 0.3) is 0 Å². The Morgan fingerprint density at radius 3 is 2.24 bits per heavy atom. The zero-order valence-corrected chi connectivity index (χ0v) is 25.6. The van der Waals surface area contributed by atoms with E-state index in [0.29, 0.717) is 43.2 Å². The van der Waals surface area contributed by atoms with Crippen LogP contribution in [0.2, 0.25) is 15.1 Å². The van der Waals surface area contributed by atoms with Crippen molar-refractivity contribution in [2.75, 3.05) is 19.0 Å². The zero-order chi connectivity index (χ0) is 30.4. The number of halogens is 3. The normalized spacial score (nSPS) is 21.4. The third-order valence-corrected chi connectivity index (χ3v) is 8.44. The van der Waals surface area contributed by atoms with Gasteiger partial charge in [0.1, 0.15) is 16.9 Å². The third kappa shape index (κ3) is 5.06. The molecule has 8 nitrogen and oxygen atoms in total. The first kappa shape index (κ1) is 30.0. The summed E-state index contributed by atoms with van der Waals surface area (Å²) in [7, 11) is 1.50. The van der Waals surface area contributed by atoms with E-state index in [1.54, 1.807) is 75.4 Å². The molecule has 3 atom stereocenters. The molecular weight excluding hydrogens is 603 g/mol. The van der Waals surface area contributed by atoms with Crippen molar-refractivity contribution in [2.24, 2.45) is 0 Å². The predicted octanol–water partition coefficient (Wildman–Crippen LogP) is 6.61. The molecule has 1 fully saturated rings. The Bertz CT molecular complexity index is 1590. The molecule has 3 aromatic carbocycles. The molecule has 3 aromatic rings. The fourth-order valence-electron chi connectivity index (χ4n) is 5.96. The van der Waals surface area contributed by atoms with Crippen LogP contribution in [-0.2, 0) is 24.5 Å². The molecule has 2 heterocycles. The molecule has 2 aliphatic rings. The molecule has 0 saturated carbocycles. The highest BCUT2D eigenvalue weighted by Gasteiger charge is 2.62. The van der Waals surface area contributed by atoms with Crippen LogP contribution in [0.3, 0.4) is 0 Å². The summed E-state index contributed by atoms with van der Waals surface area (Å²) in [5, 5.41) is 7.23. The molecule has 2 aliphatic heterocycles. The predicted molar refractivity (Wildman–Crippen MR) is 161 cm³/mol. The Balaban J connectivity index is 1.79. The smallest absolute Gasteiger partial charge is 0.349 e. The topological polar surface area (TPSA) is 103 Å². The molecule has 1 spiro atoms. The maximum absolute atomic E-state index is 14.4. The van der Waals surface area contributed by atoms with E-state index < -0.39 is 28.9 Å². The van der Waals surface area contributed by atoms with Crippen LogP contribution in [0, 0.1) is 0 Å². The van der Waals surface area contributed by atoms with Crippen LogP contribution < -0.4 is 20.1 Å². The van der Waals surface area contributed by atoms with E-state index in [1.165, 1.54) is 7.11 Å². The maximum Gasteiger partial charge on any atom is 0.349 e. The molecule has 11 heteroatoms. The number of carbonyl (C=O) groups is 3. The Labute approximate surface area is 258 Å². The molecule has 0 aromatic heterocycles. The summed E-state index contributed by atoms with van der Waals surface area (Å²) in [6.07, 6.45) is -0.0919. The van der Waals surface area contributed by atoms with Gasteiger partial charge in [-0.2, -0.15) is 0 Å². The van der Waals surface area contributed by atoms with Gasteiger partial charge >= 0.3 is 5.97 Å². The molecule has 0 aliphatic carbocycles. The second-order valence-corrected chi connectivity index (χ2v) is 12.0. The summed E-state index contributed by atoms with van der Waals surface area (Å²) < 4.78 is 17.2. The number of benzene rings is 3. The summed E-state index contributed by atoms with van der Waals surface area (Å²) in [4.78, 5) is 40.7. The van der Waals surface area contributed by atoms with Crippen LogP contribution in [0.5, 0.6) is 11.5 Å². The van der Waals surface area contributed by atoms with Crippen LogP contribution >= 0.6 is 34.8 Å². The minimum absolute atomic E-state index is 0.0919. The van der Waals surface area contributed by atoms with Crippen molar-refractivity contribution >= 4 is 58.3 Å². The number of hydrogen-bond donors (Lipinski definition) is 2. The second-order valence-electron chi connectivity index (χ2n) is 10.7. The van der Waals surface area contributed by atoms with Crippen molar-refractivity contribution in [3.05, 3.63) is 86.4 Å². The average Bonchev–Trinajstić information content (AvgIpc) is 3.21. The molecule has 3 unspecified atom stereocenters. The Morgan fingerprint density at radius 2 is 1.57 bits per heavy atom. The van der Waals surface area contributed by atoms with Gasteiger partial charge in [-0.3, -0.25) is 9.59 Å². The monoisotopic (exact) mass is 630 g/mol. The van der Waals surface area contributed by atoms with Crippen molar-refractivity contribution in [1.29, 1.82) is 0 Å². The number of amides is 2. The summed E-state index contributed by atoms with van der Waals surface area (Å²) >= 11 is 19.3. The standard InChI is InChI=1S/C31H29Cl3N2O6/c1-5-41-29(39)30(2,3)42-25-11-8-16(32)12-19(25)22-15-26(37)36-27(20-13-17(33)7-10-24(20)40-4)31(22)21-9-6-18(34)14-23(21)35-28(31)38/h6-14,22,27H,5,15H2,1-4H3,(H,35,38)(H,36,37). The highest BCUT2D eigenvalue weighted by Crippen LogP contribution is 2.60. The number of nitrogens with one attached hydrogen (secondary N) is 2. The number of piperidine rings is 1. The third-order valence-electron chi connectivity index (χ3n) is 7.73. The average molecular weight is 632 g/mol. The number of esters is 1. The lowest BCUT2D eigenvalue weighted by Gasteiger charge is -2.47. The molecule has 5 rings (SSSR count). The molecule has 0 bridgehead atoms. The fourth-order valence-corrected chi connectivity index (χ4v) is 6.49. The molecule has 42 heavy (non-hydrogen) atoms. The second kappa shape index (κ2) is 11.3. The van der Waals surface area contributed by atoms with Gasteiger partial charge in [-0.25, -0.2) is 4.79 Å². The van der Waals surface area contributed by atoms with Crippen molar-refractivity contribution in [2.45, 2.75) is 50.2 Å². The van der Waals surface area contributed by atoms with Gasteiger partial charge in [0.15, 0.2) is 5.60 Å². The van der Waals surface area contributed by atoms with Crippen LogP contribution in [-0.4, -0.2) is 37.1 Å². The van der Waals surface area contributed by atoms with Gasteiger partial charge in [0.05, 0.1) is 19.8 Å². The summed E-state index contributed by atoms with van der Waals surface area (Å²) in [6.45, 7) is 5.06. The number of methoxy groups -OCH3 is 1. The van der Waals surface area contributed by atoms with Crippen molar-refractivity contribution < 1.29 is 28.6 Å². The molecule has 0 radical (unpaired) electrons. The van der Waals surface area contributed by atoms with E-state index in [1.807, 2.05) is 0 Å². The first-order valence-electron chi connectivity index (χ1n) is 13.3. The van der Waals surface area contributed by atoms with Crippen LogP contribution in [0.4, 0.5) is 5.69 Å². The number of fused-ring (bicyclic) bond motifs is 2. The zero-order valence-electron chi connectivity index (χ0n) is 23.3. The van der Waals surface area contributed by atoms with Gasteiger partial charge in [0, 0.05) is 44.2 Å². The largest absolute Gasteiger partial charge is 0.496 e. The lowest BCUT2D eigenvalue weighted by molar-refractivity contribution is -0.158. The lowest BCUT2D eigenvalue weighted by atomic mass is 9.59. The Kier molecular flexibility index (Phi) is 8.09. The van der Waals surface area contributed by atoms with E-state index in [4.69, 9.17) is 49.0 Å². The van der Waals surface area contributed by atoms with Crippen LogP contribution in [0.1, 0.15) is 55.8 Å². The number of hydrogen-bond acceptors (Lipinski definition) is 6. The van der Waals surface area contributed by atoms with Crippen LogP contribution in [0.15, 0.2) is 54.6 Å². The maximum atomic E-state index is 14.4. The quantitative estimate of drug-likeness (QED) is 0.285. The Hall–Kier alpha value is -3.46. The van der Waals surface area contributed by atoms with E-state index in [0.717, 1.165) is 0 Å². The van der Waals surface area contributed by atoms with Crippen molar-refractivity contribution in [3.63, 3.8) is 0 Å². The number of ether oxygens (including phenoxy) is 3. The summed E-state index contributed by atoms with van der Waals surface area (Å²) in [5.41, 5.74) is -0.707. The van der Waals surface area contributed by atoms with E-state index in [2.05, 4.69) is 10.6 Å². The minimum Gasteiger partial charge on any atom is -0.496 e. The van der Waals surface area contributed by atoms with E-state index >= 15 is 0 Å². The summed E-state index contributed by atoms with van der Waals surface area (Å²) in [5.74, 6) is -1.35. The molecule has 2 amide bonds. The van der Waals surface area contributed by atoms with Gasteiger partial charge in [-0.05, 0) is 74.9 Å². The number of anilines is 1. The first-order valence-corrected chi connectivity index (χ1v) is 14.5. The molecule has 2 N–H and O–H groups in total. The van der Waals surface area contributed by atoms with Gasteiger partial charge < -0.3 is 24.8 Å². The van der Waals surface area contributed by atoms with Crippen molar-refractivity contribution in [3.8, 4) is 11.5 Å². The molecule has 1 saturated heterocycles. The molecule has 220 valence electrons. The van der Waals surface area contributed by atoms with Gasteiger partial charge in [-0.15, -0.1) is 0 Å². The minimum atomic E-state index is -1.43. The van der Waals surface area contributed by atoms with E-state index in [-0.39, 0.29) is 30.6 Å². The first-order chi connectivity index (χ1) is 19.9. The van der Waals surface area contributed by atoms with Crippen molar-refractivity contribution in [1.82, 2.24) is 5.32 Å². The number of carbonyl (C=O) groups excluding carboxylic acids is 3. The highest BCUT2D eigenvalue weighted by molar-refractivity contribution is 6.31. The lowest BCUT2D eigenvalue weighted by Crippen LogP contribution is -2.57. The van der Waals surface area contributed by atoms with Gasteiger partial charge in [0.25, 0.3) is 0 Å². The van der Waals surface area contributed by atoms with Gasteiger partial charge in [0.2, 0.25) is 11.8 Å². The Morgan fingerprint density at radius 1 is 0.952 bits per heavy atom.